The van der Waals surface area contributed by atoms with E-state index in [2.05, 4.69) is 63.4 Å². The van der Waals surface area contributed by atoms with Crippen LogP contribution in [-0.4, -0.2) is 27.0 Å². The first-order chi connectivity index (χ1) is 17.8. The number of benzene rings is 2. The van der Waals surface area contributed by atoms with Gasteiger partial charge in [0.15, 0.2) is 0 Å². The molecule has 7 heteroatoms. The van der Waals surface area contributed by atoms with Gasteiger partial charge in [-0.1, -0.05) is 30.3 Å². The fraction of sp³-hybridized carbons (Fsp3) is 0.379. The highest BCUT2D eigenvalue weighted by atomic mass is 32.1. The predicted molar refractivity (Wildman–Crippen MR) is 145 cm³/mol. The van der Waals surface area contributed by atoms with Crippen molar-refractivity contribution in [2.24, 2.45) is 0 Å². The molecule has 1 saturated carbocycles. The zero-order chi connectivity index (χ0) is 24.2. The lowest BCUT2D eigenvalue weighted by molar-refractivity contribution is 0.0803. The molecular weight excluding hydrogens is 486 g/mol. The SMILES string of the molecule is c1ccc(C2CCc3cc(O[C@H]4CC[C@H](N(Cc5cncs5)Cc5cncs5)CC4)ccc3O2)cc1. The van der Waals surface area contributed by atoms with E-state index in [-0.39, 0.29) is 12.2 Å². The maximum atomic E-state index is 6.48. The Morgan fingerprint density at radius 1 is 0.861 bits per heavy atom. The first kappa shape index (κ1) is 23.6. The van der Waals surface area contributed by atoms with Gasteiger partial charge in [-0.15, -0.1) is 22.7 Å². The van der Waals surface area contributed by atoms with Gasteiger partial charge in [-0.25, -0.2) is 0 Å². The third-order valence-electron chi connectivity index (χ3n) is 7.30. The standard InChI is InChI=1S/C29H31N3O2S2/c1-2-4-21(5-3-1)28-12-6-22-14-25(11-13-29(22)34-28)33-24-9-7-23(8-10-24)32(17-26-15-30-19-35-26)18-27-16-31-20-36-27/h1-5,11,13-16,19-20,23-24,28H,6-10,12,17-18H2/t23-,24-,28?. The van der Waals surface area contributed by atoms with Gasteiger partial charge in [-0.3, -0.25) is 14.9 Å². The number of nitrogens with zero attached hydrogens (tertiary/aromatic N) is 3. The summed E-state index contributed by atoms with van der Waals surface area (Å²) in [6.45, 7) is 1.90. The normalized spacial score (nSPS) is 21.6. The van der Waals surface area contributed by atoms with Crippen LogP contribution in [-0.2, 0) is 19.5 Å². The van der Waals surface area contributed by atoms with Crippen LogP contribution in [0, 0.1) is 0 Å². The molecule has 2 aromatic heterocycles. The van der Waals surface area contributed by atoms with Gasteiger partial charge >= 0.3 is 0 Å². The smallest absolute Gasteiger partial charge is 0.124 e. The Bertz CT molecular complexity index is 1190. The van der Waals surface area contributed by atoms with Crippen molar-refractivity contribution in [3.63, 3.8) is 0 Å². The van der Waals surface area contributed by atoms with E-state index in [1.165, 1.54) is 20.9 Å². The van der Waals surface area contributed by atoms with Crippen molar-refractivity contribution in [3.05, 3.63) is 92.8 Å². The molecule has 0 spiro atoms. The van der Waals surface area contributed by atoms with Crippen LogP contribution in [0.1, 0.15) is 59.1 Å². The molecule has 3 heterocycles. The quantitative estimate of drug-likeness (QED) is 0.250. The average Bonchev–Trinajstić information content (AvgIpc) is 3.64. The van der Waals surface area contributed by atoms with Crippen LogP contribution in [0.15, 0.2) is 71.9 Å². The van der Waals surface area contributed by atoms with Crippen LogP contribution >= 0.6 is 22.7 Å². The molecular formula is C29H31N3O2S2. The van der Waals surface area contributed by atoms with Gasteiger partial charge in [0.05, 0.1) is 17.1 Å². The number of ether oxygens (including phenoxy) is 2. The Morgan fingerprint density at radius 3 is 2.25 bits per heavy atom. The summed E-state index contributed by atoms with van der Waals surface area (Å²) in [5, 5.41) is 0. The second-order valence-electron chi connectivity index (χ2n) is 9.71. The summed E-state index contributed by atoms with van der Waals surface area (Å²) in [7, 11) is 0. The van der Waals surface area contributed by atoms with E-state index in [9.17, 15) is 0 Å². The minimum atomic E-state index is 0.138. The summed E-state index contributed by atoms with van der Waals surface area (Å²) in [5.74, 6) is 1.97. The molecule has 6 rings (SSSR count). The molecule has 4 aromatic rings. The number of hydrogen-bond donors (Lipinski definition) is 0. The van der Waals surface area contributed by atoms with Gasteiger partial charge in [-0.05, 0) is 67.9 Å². The highest BCUT2D eigenvalue weighted by Gasteiger charge is 2.28. The monoisotopic (exact) mass is 517 g/mol. The van der Waals surface area contributed by atoms with E-state index in [0.29, 0.717) is 6.04 Å². The number of hydrogen-bond acceptors (Lipinski definition) is 7. The van der Waals surface area contributed by atoms with Crippen molar-refractivity contribution < 1.29 is 9.47 Å². The molecule has 1 fully saturated rings. The van der Waals surface area contributed by atoms with Crippen molar-refractivity contribution in [2.45, 2.75) is 69.9 Å². The maximum Gasteiger partial charge on any atom is 0.124 e. The van der Waals surface area contributed by atoms with Crippen LogP contribution in [0.5, 0.6) is 11.5 Å². The highest BCUT2D eigenvalue weighted by molar-refractivity contribution is 7.09. The van der Waals surface area contributed by atoms with Crippen molar-refractivity contribution in [1.82, 2.24) is 14.9 Å². The molecule has 2 aliphatic rings. The molecule has 36 heavy (non-hydrogen) atoms. The number of aryl methyl sites for hydroxylation is 1. The molecule has 0 radical (unpaired) electrons. The molecule has 1 aliphatic carbocycles. The van der Waals surface area contributed by atoms with Gasteiger partial charge < -0.3 is 9.47 Å². The molecule has 1 unspecified atom stereocenters. The van der Waals surface area contributed by atoms with Crippen molar-refractivity contribution >= 4 is 22.7 Å². The van der Waals surface area contributed by atoms with Crippen LogP contribution < -0.4 is 9.47 Å². The zero-order valence-corrected chi connectivity index (χ0v) is 21.9. The third-order valence-corrected chi connectivity index (χ3v) is 8.82. The largest absolute Gasteiger partial charge is 0.490 e. The van der Waals surface area contributed by atoms with Gasteiger partial charge in [0.25, 0.3) is 0 Å². The minimum absolute atomic E-state index is 0.138. The van der Waals surface area contributed by atoms with E-state index in [0.717, 1.165) is 63.1 Å². The molecule has 0 bridgehead atoms. The summed E-state index contributed by atoms with van der Waals surface area (Å²) in [5.41, 5.74) is 6.36. The molecule has 0 saturated heterocycles. The van der Waals surface area contributed by atoms with E-state index >= 15 is 0 Å². The lowest BCUT2D eigenvalue weighted by Gasteiger charge is -2.36. The lowest BCUT2D eigenvalue weighted by atomic mass is 9.91. The summed E-state index contributed by atoms with van der Waals surface area (Å²) in [4.78, 5) is 13.8. The number of thiazole rings is 2. The molecule has 2 aromatic carbocycles. The average molecular weight is 518 g/mol. The number of rotatable bonds is 8. The van der Waals surface area contributed by atoms with Gasteiger partial charge in [0.2, 0.25) is 0 Å². The first-order valence-electron chi connectivity index (χ1n) is 12.8. The van der Waals surface area contributed by atoms with Gasteiger partial charge in [0.1, 0.15) is 17.6 Å². The number of aromatic nitrogens is 2. The van der Waals surface area contributed by atoms with Crippen LogP contribution in [0.4, 0.5) is 0 Å². The first-order valence-corrected chi connectivity index (χ1v) is 14.6. The second kappa shape index (κ2) is 11.1. The number of fused-ring (bicyclic) bond motifs is 1. The highest BCUT2D eigenvalue weighted by Crippen LogP contribution is 2.37. The Kier molecular flexibility index (Phi) is 7.30. The Hall–Kier alpha value is -2.74. The molecule has 0 N–H and O–H groups in total. The molecule has 1 atom stereocenters. The van der Waals surface area contributed by atoms with Crippen molar-refractivity contribution in [3.8, 4) is 11.5 Å². The van der Waals surface area contributed by atoms with Crippen molar-refractivity contribution in [1.29, 1.82) is 0 Å². The van der Waals surface area contributed by atoms with E-state index in [1.54, 1.807) is 22.7 Å². The molecule has 5 nitrogen and oxygen atoms in total. The van der Waals surface area contributed by atoms with Crippen LogP contribution in [0.25, 0.3) is 0 Å². The summed E-state index contributed by atoms with van der Waals surface area (Å²) in [6.07, 6.45) is 10.9. The second-order valence-corrected chi connectivity index (χ2v) is 11.7. The maximum absolute atomic E-state index is 6.48. The summed E-state index contributed by atoms with van der Waals surface area (Å²) >= 11 is 3.48. The topological polar surface area (TPSA) is 47.5 Å². The molecule has 1 aliphatic heterocycles. The fourth-order valence-corrected chi connectivity index (χ4v) is 6.65. The van der Waals surface area contributed by atoms with E-state index in [1.807, 2.05) is 23.4 Å². The van der Waals surface area contributed by atoms with Crippen molar-refractivity contribution in [2.75, 3.05) is 0 Å². The fourth-order valence-electron chi connectivity index (χ4n) is 5.42. The third kappa shape index (κ3) is 5.64. The minimum Gasteiger partial charge on any atom is -0.490 e. The summed E-state index contributed by atoms with van der Waals surface area (Å²) in [6, 6.07) is 17.4. The Labute approximate surface area is 220 Å². The van der Waals surface area contributed by atoms with E-state index in [4.69, 9.17) is 9.47 Å². The van der Waals surface area contributed by atoms with E-state index < -0.39 is 0 Å². The Balaban J connectivity index is 1.05. The van der Waals surface area contributed by atoms with Gasteiger partial charge in [-0.2, -0.15) is 0 Å². The Morgan fingerprint density at radius 2 is 1.58 bits per heavy atom. The summed E-state index contributed by atoms with van der Waals surface area (Å²) < 4.78 is 12.8. The predicted octanol–water partition coefficient (Wildman–Crippen LogP) is 7.06. The zero-order valence-electron chi connectivity index (χ0n) is 20.3. The van der Waals surface area contributed by atoms with Crippen LogP contribution in [0.2, 0.25) is 0 Å². The molecule has 0 amide bonds. The van der Waals surface area contributed by atoms with Crippen LogP contribution in [0.3, 0.4) is 0 Å². The lowest BCUT2D eigenvalue weighted by Crippen LogP contribution is -2.39. The van der Waals surface area contributed by atoms with Gasteiger partial charge in [0, 0.05) is 41.3 Å². The molecule has 186 valence electrons.